The lowest BCUT2D eigenvalue weighted by Crippen LogP contribution is -2.54. The summed E-state index contributed by atoms with van der Waals surface area (Å²) >= 11 is 0. The summed E-state index contributed by atoms with van der Waals surface area (Å²) in [5.74, 6) is 0.389. The van der Waals surface area contributed by atoms with Crippen molar-refractivity contribution in [2.45, 2.75) is 18.9 Å². The number of ketones is 1. The van der Waals surface area contributed by atoms with Crippen LogP contribution in [0.15, 0.2) is 0 Å². The summed E-state index contributed by atoms with van der Waals surface area (Å²) < 4.78 is 0. The Morgan fingerprint density at radius 1 is 1.44 bits per heavy atom. The van der Waals surface area contributed by atoms with Crippen LogP contribution in [0.3, 0.4) is 0 Å². The van der Waals surface area contributed by atoms with Gasteiger partial charge in [-0.05, 0) is 6.42 Å². The van der Waals surface area contributed by atoms with Gasteiger partial charge in [0.15, 0.2) is 5.78 Å². The van der Waals surface area contributed by atoms with Gasteiger partial charge in [0.1, 0.15) is 0 Å². The van der Waals surface area contributed by atoms with Crippen molar-refractivity contribution in [2.75, 3.05) is 6.54 Å². The van der Waals surface area contributed by atoms with Gasteiger partial charge in [-0.2, -0.15) is 0 Å². The Morgan fingerprint density at radius 3 is 2.67 bits per heavy atom. The predicted molar refractivity (Wildman–Crippen MR) is 29.7 cm³/mol. The molecule has 3 nitrogen and oxygen atoms in total. The molecule has 2 rings (SSSR count). The first kappa shape index (κ1) is 4.97. The molecule has 0 spiro atoms. The molecule has 48 valence electrons. The van der Waals surface area contributed by atoms with Crippen molar-refractivity contribution in [3.8, 4) is 0 Å². The quantitative estimate of drug-likeness (QED) is 0.440. The molecule has 0 N–H and O–H groups in total. The van der Waals surface area contributed by atoms with Gasteiger partial charge in [-0.3, -0.25) is 9.59 Å². The maximum atomic E-state index is 10.8. The van der Waals surface area contributed by atoms with E-state index in [1.165, 1.54) is 0 Å². The van der Waals surface area contributed by atoms with Crippen LogP contribution >= 0.6 is 0 Å². The molecular formula is C6H7NO2. The van der Waals surface area contributed by atoms with Gasteiger partial charge >= 0.3 is 0 Å². The van der Waals surface area contributed by atoms with E-state index in [1.807, 2.05) is 0 Å². The number of rotatable bonds is 0. The molecule has 3 heteroatoms. The van der Waals surface area contributed by atoms with Crippen molar-refractivity contribution < 1.29 is 9.59 Å². The van der Waals surface area contributed by atoms with Crippen molar-refractivity contribution in [1.82, 2.24) is 4.90 Å². The first-order chi connectivity index (χ1) is 4.29. The molecule has 0 aromatic rings. The minimum absolute atomic E-state index is 0.0162. The van der Waals surface area contributed by atoms with Gasteiger partial charge in [-0.1, -0.05) is 0 Å². The summed E-state index contributed by atoms with van der Waals surface area (Å²) in [6, 6.07) is -0.0162. The van der Waals surface area contributed by atoms with Crippen LogP contribution in [0.2, 0.25) is 0 Å². The van der Waals surface area contributed by atoms with E-state index in [-0.39, 0.29) is 17.7 Å². The Bertz CT molecular complexity index is 187. The molecule has 0 radical (unpaired) electrons. The van der Waals surface area contributed by atoms with Crippen LogP contribution in [-0.4, -0.2) is 29.2 Å². The Balaban J connectivity index is 2.20. The van der Waals surface area contributed by atoms with E-state index in [0.29, 0.717) is 13.0 Å². The average Bonchev–Trinajstić information content (AvgIpc) is 2.07. The van der Waals surface area contributed by atoms with Gasteiger partial charge in [0.2, 0.25) is 5.91 Å². The molecule has 2 saturated heterocycles. The highest BCUT2D eigenvalue weighted by molar-refractivity contribution is 6.01. The number of hydrogen-bond donors (Lipinski definition) is 0. The summed E-state index contributed by atoms with van der Waals surface area (Å²) in [7, 11) is 0. The van der Waals surface area contributed by atoms with E-state index in [4.69, 9.17) is 0 Å². The van der Waals surface area contributed by atoms with E-state index in [2.05, 4.69) is 0 Å². The second-order valence-electron chi connectivity index (χ2n) is 2.54. The minimum Gasteiger partial charge on any atom is -0.325 e. The maximum Gasteiger partial charge on any atom is 0.223 e. The van der Waals surface area contributed by atoms with E-state index >= 15 is 0 Å². The highest BCUT2D eigenvalue weighted by atomic mass is 16.2. The Morgan fingerprint density at radius 2 is 2.22 bits per heavy atom. The summed E-state index contributed by atoms with van der Waals surface area (Å²) in [5.41, 5.74) is 0. The fourth-order valence-electron chi connectivity index (χ4n) is 1.43. The molecule has 0 unspecified atom stereocenters. The number of nitrogens with zero attached hydrogens (tertiary/aromatic N) is 1. The zero-order valence-electron chi connectivity index (χ0n) is 4.96. The molecule has 1 atom stereocenters. The molecule has 2 aliphatic rings. The molecule has 0 aliphatic carbocycles. The van der Waals surface area contributed by atoms with Crippen LogP contribution in [0.25, 0.3) is 0 Å². The zero-order chi connectivity index (χ0) is 6.43. The fourth-order valence-corrected chi connectivity index (χ4v) is 1.43. The lowest BCUT2D eigenvalue weighted by Gasteiger charge is -2.32. The Kier molecular flexibility index (Phi) is 0.743. The maximum absolute atomic E-state index is 10.8. The van der Waals surface area contributed by atoms with Crippen LogP contribution in [0.1, 0.15) is 12.8 Å². The van der Waals surface area contributed by atoms with Gasteiger partial charge in [0.25, 0.3) is 0 Å². The van der Waals surface area contributed by atoms with Crippen LogP contribution in [-0.2, 0) is 9.59 Å². The number of amides is 1. The lowest BCUT2D eigenvalue weighted by atomic mass is 10.0. The third-order valence-electron chi connectivity index (χ3n) is 2.03. The zero-order valence-corrected chi connectivity index (χ0v) is 4.96. The normalized spacial score (nSPS) is 32.4. The number of carbonyl (C=O) groups is 2. The molecule has 0 aromatic heterocycles. The smallest absolute Gasteiger partial charge is 0.223 e. The van der Waals surface area contributed by atoms with E-state index in [9.17, 15) is 9.59 Å². The molecule has 2 fully saturated rings. The second-order valence-corrected chi connectivity index (χ2v) is 2.54. The number of fused-ring (bicyclic) bond motifs is 1. The number of hydrogen-bond acceptors (Lipinski definition) is 2. The lowest BCUT2D eigenvalue weighted by molar-refractivity contribution is -0.145. The van der Waals surface area contributed by atoms with Gasteiger partial charge < -0.3 is 4.90 Å². The standard InChI is InChI=1S/C6H7NO2/c8-5-3-7-4(5)1-2-6(7)9/h4H,1-3H2/t4-/m0/s1. The summed E-state index contributed by atoms with van der Waals surface area (Å²) in [6.45, 7) is 0.378. The summed E-state index contributed by atoms with van der Waals surface area (Å²) in [4.78, 5) is 23.1. The van der Waals surface area contributed by atoms with E-state index in [1.54, 1.807) is 4.90 Å². The van der Waals surface area contributed by atoms with E-state index < -0.39 is 0 Å². The monoisotopic (exact) mass is 125 g/mol. The molecule has 0 saturated carbocycles. The van der Waals surface area contributed by atoms with Crippen LogP contribution in [0.4, 0.5) is 0 Å². The first-order valence-corrected chi connectivity index (χ1v) is 3.11. The molecule has 2 aliphatic heterocycles. The van der Waals surface area contributed by atoms with Crippen LogP contribution in [0.5, 0.6) is 0 Å². The molecule has 1 amide bonds. The van der Waals surface area contributed by atoms with Crippen molar-refractivity contribution in [3.05, 3.63) is 0 Å². The first-order valence-electron chi connectivity index (χ1n) is 3.11. The number of Topliss-reactive ketones (excluding diaryl/α,β-unsaturated/α-hetero) is 1. The largest absolute Gasteiger partial charge is 0.325 e. The van der Waals surface area contributed by atoms with Gasteiger partial charge in [-0.15, -0.1) is 0 Å². The predicted octanol–water partition coefficient (Wildman–Crippen LogP) is -0.440. The van der Waals surface area contributed by atoms with Crippen LogP contribution < -0.4 is 0 Å². The van der Waals surface area contributed by atoms with Crippen molar-refractivity contribution in [1.29, 1.82) is 0 Å². The molecule has 9 heavy (non-hydrogen) atoms. The number of carbonyl (C=O) groups excluding carboxylic acids is 2. The van der Waals surface area contributed by atoms with Crippen molar-refractivity contribution in [3.63, 3.8) is 0 Å². The Hall–Kier alpha value is -0.860. The van der Waals surface area contributed by atoms with Crippen LogP contribution in [0, 0.1) is 0 Å². The molecule has 2 heterocycles. The highest BCUT2D eigenvalue weighted by Crippen LogP contribution is 2.26. The van der Waals surface area contributed by atoms with Crippen molar-refractivity contribution in [2.24, 2.45) is 0 Å². The summed E-state index contributed by atoms with van der Waals surface area (Å²) in [5, 5.41) is 0. The SMILES string of the molecule is O=C1CN2C(=O)CC[C@@H]12. The van der Waals surface area contributed by atoms with Crippen molar-refractivity contribution >= 4 is 11.7 Å². The van der Waals surface area contributed by atoms with Gasteiger partial charge in [-0.25, -0.2) is 0 Å². The third-order valence-corrected chi connectivity index (χ3v) is 2.03. The van der Waals surface area contributed by atoms with E-state index in [0.717, 1.165) is 6.42 Å². The molecular weight excluding hydrogens is 118 g/mol. The molecule has 0 bridgehead atoms. The highest BCUT2D eigenvalue weighted by Gasteiger charge is 2.44. The Labute approximate surface area is 52.6 Å². The molecule has 0 aromatic carbocycles. The minimum atomic E-state index is -0.0162. The van der Waals surface area contributed by atoms with Gasteiger partial charge in [0.05, 0.1) is 12.6 Å². The van der Waals surface area contributed by atoms with Gasteiger partial charge in [0, 0.05) is 6.42 Å². The summed E-state index contributed by atoms with van der Waals surface area (Å²) in [6.07, 6.45) is 1.34. The average molecular weight is 125 g/mol. The second kappa shape index (κ2) is 1.35. The topological polar surface area (TPSA) is 37.4 Å². The fraction of sp³-hybridized carbons (Fsp3) is 0.667. The third kappa shape index (κ3) is 0.465.